The van der Waals surface area contributed by atoms with Crippen LogP contribution in [0.4, 0.5) is 5.95 Å². The zero-order chi connectivity index (χ0) is 13.1. The van der Waals surface area contributed by atoms with E-state index >= 15 is 0 Å². The van der Waals surface area contributed by atoms with E-state index < -0.39 is 11.4 Å². The molecule has 0 aliphatic carbocycles. The summed E-state index contributed by atoms with van der Waals surface area (Å²) in [5.41, 5.74) is 4.24. The lowest BCUT2D eigenvalue weighted by Crippen LogP contribution is -2.45. The Labute approximate surface area is 98.6 Å². The molecule has 0 atom stereocenters. The van der Waals surface area contributed by atoms with Gasteiger partial charge in [0, 0.05) is 0 Å². The van der Waals surface area contributed by atoms with Crippen molar-refractivity contribution in [2.75, 3.05) is 19.5 Å². The van der Waals surface area contributed by atoms with Gasteiger partial charge >= 0.3 is 12.0 Å². The van der Waals surface area contributed by atoms with Gasteiger partial charge < -0.3 is 20.5 Å². The molecule has 1 aromatic heterocycles. The third kappa shape index (κ3) is 3.16. The van der Waals surface area contributed by atoms with Crippen molar-refractivity contribution in [3.63, 3.8) is 0 Å². The molecule has 0 unspecified atom stereocenters. The SMILES string of the molecule is COc1nc(NC(C)(C)C(N)=O)nc(OC)n1. The summed E-state index contributed by atoms with van der Waals surface area (Å²) in [7, 11) is 2.83. The van der Waals surface area contributed by atoms with E-state index in [0.717, 1.165) is 0 Å². The molecule has 0 spiro atoms. The maximum atomic E-state index is 11.2. The molecule has 0 radical (unpaired) electrons. The normalized spacial score (nSPS) is 10.8. The summed E-state index contributed by atoms with van der Waals surface area (Å²) in [5.74, 6) is -0.381. The first-order valence-corrected chi connectivity index (χ1v) is 4.81. The molecule has 8 heteroatoms. The van der Waals surface area contributed by atoms with Crippen LogP contribution < -0.4 is 20.5 Å². The zero-order valence-corrected chi connectivity index (χ0v) is 10.1. The molecule has 0 saturated carbocycles. The number of primary amides is 1. The number of hydrogen-bond donors (Lipinski definition) is 2. The Morgan fingerprint density at radius 1 is 1.18 bits per heavy atom. The van der Waals surface area contributed by atoms with Crippen molar-refractivity contribution in [3.05, 3.63) is 0 Å². The van der Waals surface area contributed by atoms with Crippen molar-refractivity contribution in [1.29, 1.82) is 0 Å². The monoisotopic (exact) mass is 241 g/mol. The van der Waals surface area contributed by atoms with Gasteiger partial charge in [0.25, 0.3) is 0 Å². The molecule has 17 heavy (non-hydrogen) atoms. The van der Waals surface area contributed by atoms with Gasteiger partial charge in [-0.25, -0.2) is 0 Å². The van der Waals surface area contributed by atoms with Gasteiger partial charge in [0.05, 0.1) is 14.2 Å². The average Bonchev–Trinajstić information content (AvgIpc) is 2.27. The Morgan fingerprint density at radius 2 is 1.65 bits per heavy atom. The number of aromatic nitrogens is 3. The highest BCUT2D eigenvalue weighted by Gasteiger charge is 2.26. The first-order chi connectivity index (χ1) is 7.89. The number of carbonyl (C=O) groups excluding carboxylic acids is 1. The molecular weight excluding hydrogens is 226 g/mol. The van der Waals surface area contributed by atoms with E-state index in [4.69, 9.17) is 15.2 Å². The van der Waals surface area contributed by atoms with Crippen LogP contribution in [0.15, 0.2) is 0 Å². The molecule has 1 amide bonds. The number of hydrogen-bond acceptors (Lipinski definition) is 7. The lowest BCUT2D eigenvalue weighted by molar-refractivity contribution is -0.121. The van der Waals surface area contributed by atoms with Crippen molar-refractivity contribution in [1.82, 2.24) is 15.0 Å². The quantitative estimate of drug-likeness (QED) is 0.718. The summed E-state index contributed by atoms with van der Waals surface area (Å²) in [6, 6.07) is 0.166. The number of nitrogens with zero attached hydrogens (tertiary/aromatic N) is 3. The van der Waals surface area contributed by atoms with Crippen LogP contribution in [0, 0.1) is 0 Å². The van der Waals surface area contributed by atoms with Gasteiger partial charge in [-0.05, 0) is 13.8 Å². The Hall–Kier alpha value is -2.12. The maximum Gasteiger partial charge on any atom is 0.324 e. The van der Waals surface area contributed by atoms with Crippen LogP contribution in [0.25, 0.3) is 0 Å². The fourth-order valence-electron chi connectivity index (χ4n) is 0.918. The fraction of sp³-hybridized carbons (Fsp3) is 0.556. The van der Waals surface area contributed by atoms with Crippen molar-refractivity contribution >= 4 is 11.9 Å². The van der Waals surface area contributed by atoms with Gasteiger partial charge in [0.2, 0.25) is 11.9 Å². The summed E-state index contributed by atoms with van der Waals surface area (Å²) in [6.45, 7) is 3.22. The molecule has 1 heterocycles. The van der Waals surface area contributed by atoms with E-state index in [9.17, 15) is 4.79 Å². The number of nitrogens with two attached hydrogens (primary N) is 1. The molecule has 0 bridgehead atoms. The molecule has 0 aliphatic rings. The highest BCUT2D eigenvalue weighted by molar-refractivity contribution is 5.86. The minimum Gasteiger partial charge on any atom is -0.467 e. The highest BCUT2D eigenvalue weighted by atomic mass is 16.5. The molecule has 94 valence electrons. The third-order valence-electron chi connectivity index (χ3n) is 2.00. The number of anilines is 1. The van der Waals surface area contributed by atoms with E-state index in [1.807, 2.05) is 0 Å². The summed E-state index contributed by atoms with van der Waals surface area (Å²) < 4.78 is 9.75. The molecule has 1 rings (SSSR count). The van der Waals surface area contributed by atoms with Crippen LogP contribution in [0.5, 0.6) is 12.0 Å². The number of nitrogens with one attached hydrogen (secondary N) is 1. The van der Waals surface area contributed by atoms with Crippen LogP contribution in [-0.2, 0) is 4.79 Å². The van der Waals surface area contributed by atoms with Crippen molar-refractivity contribution < 1.29 is 14.3 Å². The zero-order valence-electron chi connectivity index (χ0n) is 10.1. The lowest BCUT2D eigenvalue weighted by atomic mass is 10.1. The van der Waals surface area contributed by atoms with Gasteiger partial charge in [-0.15, -0.1) is 4.98 Å². The van der Waals surface area contributed by atoms with Crippen LogP contribution in [0.1, 0.15) is 13.8 Å². The molecule has 3 N–H and O–H groups in total. The standard InChI is InChI=1S/C9H15N5O3/c1-9(2,5(10)15)14-6-11-7(16-3)13-8(12-6)17-4/h1-4H3,(H2,10,15)(H,11,12,13,14). The molecule has 1 aromatic rings. The van der Waals surface area contributed by atoms with Crippen molar-refractivity contribution in [2.24, 2.45) is 5.73 Å². The topological polar surface area (TPSA) is 112 Å². The summed E-state index contributed by atoms with van der Waals surface area (Å²) in [6.07, 6.45) is 0. The smallest absolute Gasteiger partial charge is 0.324 e. The Balaban J connectivity index is 3.02. The van der Waals surface area contributed by atoms with Gasteiger partial charge in [0.1, 0.15) is 5.54 Å². The van der Waals surface area contributed by atoms with Crippen LogP contribution >= 0.6 is 0 Å². The van der Waals surface area contributed by atoms with Crippen LogP contribution in [-0.4, -0.2) is 40.6 Å². The highest BCUT2D eigenvalue weighted by Crippen LogP contribution is 2.15. The average molecular weight is 241 g/mol. The van der Waals surface area contributed by atoms with E-state index in [1.165, 1.54) is 14.2 Å². The first kappa shape index (κ1) is 12.9. The Bertz CT molecular complexity index is 399. The summed E-state index contributed by atoms with van der Waals surface area (Å²) in [4.78, 5) is 22.8. The minimum absolute atomic E-state index is 0.0830. The Morgan fingerprint density at radius 3 is 2.00 bits per heavy atom. The number of methoxy groups -OCH3 is 2. The lowest BCUT2D eigenvalue weighted by Gasteiger charge is -2.22. The third-order valence-corrected chi connectivity index (χ3v) is 2.00. The second-order valence-corrected chi connectivity index (χ2v) is 3.75. The van der Waals surface area contributed by atoms with Crippen molar-refractivity contribution in [3.8, 4) is 12.0 Å². The molecule has 0 aromatic carbocycles. The second-order valence-electron chi connectivity index (χ2n) is 3.75. The second kappa shape index (κ2) is 4.81. The van der Waals surface area contributed by atoms with E-state index in [2.05, 4.69) is 20.3 Å². The minimum atomic E-state index is -0.989. The van der Waals surface area contributed by atoms with Gasteiger partial charge in [-0.2, -0.15) is 9.97 Å². The predicted octanol–water partition coefficient (Wildman–Crippen LogP) is -0.435. The van der Waals surface area contributed by atoms with Gasteiger partial charge in [-0.3, -0.25) is 4.79 Å². The van der Waals surface area contributed by atoms with Crippen LogP contribution in [0.3, 0.4) is 0 Å². The summed E-state index contributed by atoms with van der Waals surface area (Å²) in [5, 5.41) is 2.77. The number of rotatable bonds is 5. The van der Waals surface area contributed by atoms with Gasteiger partial charge in [0.15, 0.2) is 0 Å². The molecular formula is C9H15N5O3. The predicted molar refractivity (Wildman–Crippen MR) is 59.8 cm³/mol. The maximum absolute atomic E-state index is 11.2. The molecule has 0 aliphatic heterocycles. The van der Waals surface area contributed by atoms with Crippen molar-refractivity contribution in [2.45, 2.75) is 19.4 Å². The van der Waals surface area contributed by atoms with E-state index in [-0.39, 0.29) is 18.0 Å². The molecule has 0 fully saturated rings. The first-order valence-electron chi connectivity index (χ1n) is 4.81. The van der Waals surface area contributed by atoms with Gasteiger partial charge in [-0.1, -0.05) is 0 Å². The Kier molecular flexibility index (Phi) is 3.66. The molecule has 0 saturated heterocycles. The number of ether oxygens (including phenoxy) is 2. The largest absolute Gasteiger partial charge is 0.467 e. The summed E-state index contributed by atoms with van der Waals surface area (Å²) >= 11 is 0. The molecule has 8 nitrogen and oxygen atoms in total. The van der Waals surface area contributed by atoms with Crippen LogP contribution in [0.2, 0.25) is 0 Å². The number of amides is 1. The number of carbonyl (C=O) groups is 1. The van der Waals surface area contributed by atoms with E-state index in [1.54, 1.807) is 13.8 Å². The van der Waals surface area contributed by atoms with E-state index in [0.29, 0.717) is 0 Å². The fourth-order valence-corrected chi connectivity index (χ4v) is 0.918.